The number of halogens is 1. The molecular formula is C21H23ClN2O3S2. The normalized spacial score (nSPS) is 12.0. The second kappa shape index (κ2) is 10.2. The third-order valence-corrected chi connectivity index (χ3v) is 6.61. The monoisotopic (exact) mass is 450 g/mol. The number of nitrogens with two attached hydrogens (primary N) is 1. The maximum absolute atomic E-state index is 10.4. The Labute approximate surface area is 183 Å². The molecule has 3 aromatic rings. The van der Waals surface area contributed by atoms with Gasteiger partial charge in [-0.2, -0.15) is 0 Å². The maximum Gasteiger partial charge on any atom is 0.184 e. The third kappa shape index (κ3) is 5.38. The van der Waals surface area contributed by atoms with Crippen LogP contribution in [0.2, 0.25) is 5.02 Å². The lowest BCUT2D eigenvalue weighted by atomic mass is 10.0. The van der Waals surface area contributed by atoms with Crippen molar-refractivity contribution < 1.29 is 14.6 Å². The molecule has 1 heterocycles. The molecule has 0 spiro atoms. The van der Waals surface area contributed by atoms with Crippen LogP contribution >= 0.6 is 34.7 Å². The Balaban J connectivity index is 1.68. The summed E-state index contributed by atoms with van der Waals surface area (Å²) in [5.41, 5.74) is 9.41. The predicted octanol–water partition coefficient (Wildman–Crippen LogP) is 5.50. The summed E-state index contributed by atoms with van der Waals surface area (Å²) in [5, 5.41) is 17.4. The van der Waals surface area contributed by atoms with Crippen LogP contribution in [0.5, 0.6) is 5.75 Å². The molecule has 0 radical (unpaired) electrons. The van der Waals surface area contributed by atoms with Crippen molar-refractivity contribution in [2.45, 2.75) is 11.2 Å². The molecule has 0 amide bonds. The van der Waals surface area contributed by atoms with Crippen molar-refractivity contribution in [1.29, 1.82) is 0 Å². The molecule has 4 N–H and O–H groups in total. The summed E-state index contributed by atoms with van der Waals surface area (Å²) in [4.78, 5) is 1.01. The number of rotatable bonds is 9. The smallest absolute Gasteiger partial charge is 0.184 e. The first kappa shape index (κ1) is 21.8. The van der Waals surface area contributed by atoms with Crippen LogP contribution in [0.3, 0.4) is 0 Å². The van der Waals surface area contributed by atoms with E-state index in [2.05, 4.69) is 5.32 Å². The second-order valence-electron chi connectivity index (χ2n) is 6.17. The summed E-state index contributed by atoms with van der Waals surface area (Å²) < 4.78 is 10.4. The molecule has 8 heteroatoms. The summed E-state index contributed by atoms with van der Waals surface area (Å²) in [6.07, 6.45) is -1.01. The fourth-order valence-electron chi connectivity index (χ4n) is 2.83. The fraction of sp³-hybridized carbons (Fsp3) is 0.238. The van der Waals surface area contributed by atoms with Gasteiger partial charge >= 0.3 is 0 Å². The predicted molar refractivity (Wildman–Crippen MR) is 123 cm³/mol. The number of nitrogens with one attached hydrogen (secondary N) is 1. The van der Waals surface area contributed by atoms with E-state index >= 15 is 0 Å². The molecule has 1 unspecified atom stereocenters. The summed E-state index contributed by atoms with van der Waals surface area (Å²) in [5.74, 6) is 1.56. The average molecular weight is 451 g/mol. The Kier molecular flexibility index (Phi) is 7.69. The van der Waals surface area contributed by atoms with Crippen LogP contribution in [-0.4, -0.2) is 31.6 Å². The molecule has 0 saturated heterocycles. The minimum absolute atomic E-state index is 0.672. The highest BCUT2D eigenvalue weighted by atomic mass is 35.5. The Morgan fingerprint density at radius 2 is 1.97 bits per heavy atom. The van der Waals surface area contributed by atoms with Crippen molar-refractivity contribution in [3.05, 3.63) is 58.4 Å². The standard InChI is InChI=1S/C21H23ClN2O3S2/c1-26-15-7-8-18(17(23)11-15)28-10-9-24-20-19(21(25)27-2)16(12-29-20)13-3-5-14(22)6-4-13/h3-8,11-12,21,24-25H,9-10,23H2,1-2H3. The number of thioether (sulfide) groups is 1. The number of aliphatic hydroxyl groups excluding tert-OH is 1. The van der Waals surface area contributed by atoms with Crippen molar-refractivity contribution in [1.82, 2.24) is 0 Å². The zero-order valence-electron chi connectivity index (χ0n) is 16.1. The second-order valence-corrected chi connectivity index (χ2v) is 8.62. The molecule has 29 heavy (non-hydrogen) atoms. The van der Waals surface area contributed by atoms with Gasteiger partial charge in [0.1, 0.15) is 5.75 Å². The number of thiophene rings is 1. The van der Waals surface area contributed by atoms with Crippen LogP contribution in [0.4, 0.5) is 10.7 Å². The lowest BCUT2D eigenvalue weighted by Gasteiger charge is -2.14. The van der Waals surface area contributed by atoms with Gasteiger partial charge in [-0.15, -0.1) is 23.1 Å². The fourth-order valence-corrected chi connectivity index (χ4v) is 4.79. The largest absolute Gasteiger partial charge is 0.497 e. The minimum atomic E-state index is -1.01. The van der Waals surface area contributed by atoms with Gasteiger partial charge < -0.3 is 25.6 Å². The van der Waals surface area contributed by atoms with Gasteiger partial charge in [0.15, 0.2) is 6.29 Å². The van der Waals surface area contributed by atoms with Gasteiger partial charge in [-0.05, 0) is 29.8 Å². The van der Waals surface area contributed by atoms with Gasteiger partial charge in [0.2, 0.25) is 0 Å². The summed E-state index contributed by atoms with van der Waals surface area (Å²) >= 11 is 9.20. The quantitative estimate of drug-likeness (QED) is 0.173. The highest BCUT2D eigenvalue weighted by Crippen LogP contribution is 2.40. The lowest BCUT2D eigenvalue weighted by molar-refractivity contribution is -0.0758. The number of anilines is 2. The van der Waals surface area contributed by atoms with E-state index in [4.69, 9.17) is 26.8 Å². The van der Waals surface area contributed by atoms with Crippen molar-refractivity contribution >= 4 is 45.4 Å². The molecule has 5 nitrogen and oxygen atoms in total. The Hall–Kier alpha value is -1.90. The number of benzene rings is 2. The van der Waals surface area contributed by atoms with Gasteiger partial charge in [0.25, 0.3) is 0 Å². The van der Waals surface area contributed by atoms with Crippen LogP contribution < -0.4 is 15.8 Å². The van der Waals surface area contributed by atoms with E-state index in [1.54, 1.807) is 18.9 Å². The average Bonchev–Trinajstić information content (AvgIpc) is 3.15. The Morgan fingerprint density at radius 3 is 2.62 bits per heavy atom. The van der Waals surface area contributed by atoms with Crippen LogP contribution in [-0.2, 0) is 4.74 Å². The molecule has 0 saturated carbocycles. The molecule has 1 aromatic heterocycles. The number of hydrogen-bond donors (Lipinski definition) is 3. The van der Waals surface area contributed by atoms with E-state index in [1.807, 2.05) is 47.8 Å². The molecule has 154 valence electrons. The van der Waals surface area contributed by atoms with Crippen molar-refractivity contribution in [2.24, 2.45) is 0 Å². The van der Waals surface area contributed by atoms with Crippen molar-refractivity contribution in [2.75, 3.05) is 37.6 Å². The molecule has 0 aliphatic carbocycles. The third-order valence-electron chi connectivity index (χ3n) is 4.32. The number of methoxy groups -OCH3 is 2. The number of hydrogen-bond acceptors (Lipinski definition) is 7. The molecule has 0 aliphatic rings. The molecule has 0 aliphatic heterocycles. The van der Waals surface area contributed by atoms with Crippen LogP contribution in [0.15, 0.2) is 52.7 Å². The molecular weight excluding hydrogens is 428 g/mol. The van der Waals surface area contributed by atoms with Gasteiger partial charge in [-0.1, -0.05) is 23.7 Å². The van der Waals surface area contributed by atoms with Crippen molar-refractivity contribution in [3.8, 4) is 16.9 Å². The highest BCUT2D eigenvalue weighted by molar-refractivity contribution is 7.99. The van der Waals surface area contributed by atoms with Gasteiger partial charge in [0.05, 0.1) is 12.1 Å². The molecule has 1 atom stereocenters. The lowest BCUT2D eigenvalue weighted by Crippen LogP contribution is -2.08. The molecule has 3 rings (SSSR count). The minimum Gasteiger partial charge on any atom is -0.497 e. The van der Waals surface area contributed by atoms with Crippen LogP contribution in [0, 0.1) is 0 Å². The summed E-state index contributed by atoms with van der Waals surface area (Å²) in [7, 11) is 3.11. The van der Waals surface area contributed by atoms with Crippen molar-refractivity contribution in [3.63, 3.8) is 0 Å². The van der Waals surface area contributed by atoms with Crippen LogP contribution in [0.25, 0.3) is 11.1 Å². The summed E-state index contributed by atoms with van der Waals surface area (Å²) in [6, 6.07) is 13.2. The first-order valence-corrected chi connectivity index (χ1v) is 11.2. The van der Waals surface area contributed by atoms with E-state index in [-0.39, 0.29) is 0 Å². The number of aliphatic hydroxyl groups is 1. The Bertz CT molecular complexity index is 948. The first-order chi connectivity index (χ1) is 14.0. The van der Waals surface area contributed by atoms with Gasteiger partial charge in [-0.25, -0.2) is 0 Å². The zero-order chi connectivity index (χ0) is 20.8. The zero-order valence-corrected chi connectivity index (χ0v) is 18.5. The number of ether oxygens (including phenoxy) is 2. The van der Waals surface area contributed by atoms with Gasteiger partial charge in [0, 0.05) is 57.6 Å². The number of nitrogen functional groups attached to an aromatic ring is 1. The Morgan fingerprint density at radius 1 is 1.21 bits per heavy atom. The van der Waals surface area contributed by atoms with E-state index in [0.717, 1.165) is 38.1 Å². The van der Waals surface area contributed by atoms with E-state index in [0.29, 0.717) is 17.3 Å². The topological polar surface area (TPSA) is 76.7 Å². The summed E-state index contributed by atoms with van der Waals surface area (Å²) in [6.45, 7) is 0.708. The SMILES string of the molecule is COc1ccc(SCCNc2scc(-c3ccc(Cl)cc3)c2C(O)OC)c(N)c1. The van der Waals surface area contributed by atoms with Gasteiger partial charge in [-0.3, -0.25) is 0 Å². The molecule has 2 aromatic carbocycles. The maximum atomic E-state index is 10.4. The highest BCUT2D eigenvalue weighted by Gasteiger charge is 2.20. The van der Waals surface area contributed by atoms with E-state index < -0.39 is 6.29 Å². The van der Waals surface area contributed by atoms with E-state index in [1.165, 1.54) is 18.4 Å². The van der Waals surface area contributed by atoms with Crippen LogP contribution in [0.1, 0.15) is 11.9 Å². The molecule has 0 bridgehead atoms. The molecule has 0 fully saturated rings. The first-order valence-electron chi connectivity index (χ1n) is 8.92. The van der Waals surface area contributed by atoms with E-state index in [9.17, 15) is 5.11 Å².